The van der Waals surface area contributed by atoms with E-state index in [1.807, 2.05) is 6.07 Å². The van der Waals surface area contributed by atoms with Crippen LogP contribution in [-0.2, 0) is 4.74 Å². The Morgan fingerprint density at radius 1 is 1.17 bits per heavy atom. The van der Waals surface area contributed by atoms with Crippen LogP contribution < -0.4 is 15.5 Å². The molecule has 0 aromatic carbocycles. The maximum absolute atomic E-state index is 11.8. The van der Waals surface area contributed by atoms with E-state index in [2.05, 4.69) is 35.5 Å². The largest absolute Gasteiger partial charge is 0.378 e. The smallest absolute Gasteiger partial charge is 0.271 e. The zero-order chi connectivity index (χ0) is 16.6. The van der Waals surface area contributed by atoms with E-state index in [9.17, 15) is 4.79 Å². The summed E-state index contributed by atoms with van der Waals surface area (Å²) in [6.45, 7) is 4.06. The number of hydrogen-bond acceptors (Lipinski definition) is 8. The van der Waals surface area contributed by atoms with Gasteiger partial charge in [0.1, 0.15) is 23.7 Å². The Balaban J connectivity index is 1.46. The summed E-state index contributed by atoms with van der Waals surface area (Å²) in [5.41, 5.74) is 0.300. The van der Waals surface area contributed by atoms with Gasteiger partial charge >= 0.3 is 0 Å². The van der Waals surface area contributed by atoms with E-state index in [1.165, 1.54) is 24.9 Å². The van der Waals surface area contributed by atoms with Crippen LogP contribution in [0, 0.1) is 0 Å². The summed E-state index contributed by atoms with van der Waals surface area (Å²) in [6.07, 6.45) is 5.98. The topological polar surface area (TPSA) is 105 Å². The molecule has 1 amide bonds. The van der Waals surface area contributed by atoms with Crippen molar-refractivity contribution in [3.05, 3.63) is 36.7 Å². The van der Waals surface area contributed by atoms with Gasteiger partial charge in [0, 0.05) is 44.6 Å². The van der Waals surface area contributed by atoms with Crippen LogP contribution >= 0.6 is 0 Å². The molecule has 0 radical (unpaired) electrons. The van der Waals surface area contributed by atoms with Gasteiger partial charge in [0.05, 0.1) is 19.4 Å². The van der Waals surface area contributed by atoms with Crippen molar-refractivity contribution < 1.29 is 9.53 Å². The fraction of sp³-hybridized carbons (Fsp3) is 0.400. The van der Waals surface area contributed by atoms with Crippen molar-refractivity contribution in [3.63, 3.8) is 0 Å². The van der Waals surface area contributed by atoms with Crippen LogP contribution in [0.2, 0.25) is 0 Å². The van der Waals surface area contributed by atoms with E-state index in [4.69, 9.17) is 4.74 Å². The minimum atomic E-state index is -0.249. The van der Waals surface area contributed by atoms with Crippen LogP contribution in [0.25, 0.3) is 0 Å². The number of aromatic nitrogens is 4. The molecule has 24 heavy (non-hydrogen) atoms. The lowest BCUT2D eigenvalue weighted by Gasteiger charge is -2.27. The maximum atomic E-state index is 11.8. The lowest BCUT2D eigenvalue weighted by Crippen LogP contribution is -2.36. The van der Waals surface area contributed by atoms with Crippen molar-refractivity contribution in [1.82, 2.24) is 25.3 Å². The molecule has 0 aliphatic carbocycles. The van der Waals surface area contributed by atoms with Crippen molar-refractivity contribution in [2.24, 2.45) is 0 Å². The van der Waals surface area contributed by atoms with Crippen molar-refractivity contribution in [1.29, 1.82) is 0 Å². The predicted octanol–water partition coefficient (Wildman–Crippen LogP) is -0.0549. The monoisotopic (exact) mass is 329 g/mol. The highest BCUT2D eigenvalue weighted by Gasteiger charge is 2.13. The molecular weight excluding hydrogens is 310 g/mol. The van der Waals surface area contributed by atoms with Gasteiger partial charge in [-0.15, -0.1) is 0 Å². The predicted molar refractivity (Wildman–Crippen MR) is 87.9 cm³/mol. The van der Waals surface area contributed by atoms with E-state index in [-0.39, 0.29) is 5.91 Å². The number of anilines is 2. The molecule has 0 bridgehead atoms. The second kappa shape index (κ2) is 8.16. The van der Waals surface area contributed by atoms with Gasteiger partial charge in [0.2, 0.25) is 0 Å². The zero-order valence-electron chi connectivity index (χ0n) is 13.2. The first-order chi connectivity index (χ1) is 11.8. The molecular formula is C15H19N7O2. The third-order valence-electron chi connectivity index (χ3n) is 3.50. The molecule has 2 N–H and O–H groups in total. The van der Waals surface area contributed by atoms with Crippen molar-refractivity contribution in [2.75, 3.05) is 49.6 Å². The van der Waals surface area contributed by atoms with E-state index in [0.29, 0.717) is 32.0 Å². The molecule has 126 valence electrons. The number of rotatable bonds is 6. The van der Waals surface area contributed by atoms with Crippen LogP contribution in [0.4, 0.5) is 11.6 Å². The van der Waals surface area contributed by atoms with Gasteiger partial charge in [-0.05, 0) is 0 Å². The second-order valence-corrected chi connectivity index (χ2v) is 5.13. The van der Waals surface area contributed by atoms with Crippen molar-refractivity contribution >= 4 is 17.5 Å². The normalized spacial score (nSPS) is 14.2. The SMILES string of the molecule is O=C(NCCNc1cc(N2CCOCC2)ncn1)c1cnccn1. The molecule has 9 nitrogen and oxygen atoms in total. The van der Waals surface area contributed by atoms with E-state index >= 15 is 0 Å². The number of ether oxygens (including phenoxy) is 1. The highest BCUT2D eigenvalue weighted by atomic mass is 16.5. The molecule has 3 heterocycles. The molecule has 0 spiro atoms. The molecule has 1 saturated heterocycles. The van der Waals surface area contributed by atoms with Crippen LogP contribution in [0.15, 0.2) is 31.0 Å². The molecule has 2 aromatic heterocycles. The Bertz CT molecular complexity index is 662. The number of carbonyl (C=O) groups is 1. The number of hydrogen-bond donors (Lipinski definition) is 2. The molecule has 2 aromatic rings. The lowest BCUT2D eigenvalue weighted by molar-refractivity contribution is 0.0950. The average molecular weight is 329 g/mol. The molecule has 1 fully saturated rings. The van der Waals surface area contributed by atoms with Gasteiger partial charge < -0.3 is 20.3 Å². The summed E-state index contributed by atoms with van der Waals surface area (Å²) in [5, 5.41) is 5.94. The van der Waals surface area contributed by atoms with Crippen LogP contribution in [0.3, 0.4) is 0 Å². The number of nitrogens with one attached hydrogen (secondary N) is 2. The van der Waals surface area contributed by atoms with E-state index < -0.39 is 0 Å². The Hall–Kier alpha value is -2.81. The molecule has 3 rings (SSSR count). The van der Waals surface area contributed by atoms with Crippen LogP contribution in [-0.4, -0.2) is 65.2 Å². The highest BCUT2D eigenvalue weighted by molar-refractivity contribution is 5.91. The van der Waals surface area contributed by atoms with Gasteiger partial charge in [-0.3, -0.25) is 9.78 Å². The van der Waals surface area contributed by atoms with Gasteiger partial charge in [0.25, 0.3) is 5.91 Å². The highest BCUT2D eigenvalue weighted by Crippen LogP contribution is 2.15. The third kappa shape index (κ3) is 4.35. The summed E-state index contributed by atoms with van der Waals surface area (Å²) in [5.74, 6) is 1.35. The summed E-state index contributed by atoms with van der Waals surface area (Å²) in [4.78, 5) is 30.3. The van der Waals surface area contributed by atoms with Crippen molar-refractivity contribution in [3.8, 4) is 0 Å². The first-order valence-corrected chi connectivity index (χ1v) is 7.76. The van der Waals surface area contributed by atoms with E-state index in [1.54, 1.807) is 0 Å². The van der Waals surface area contributed by atoms with Crippen LogP contribution in [0.5, 0.6) is 0 Å². The molecule has 9 heteroatoms. The first-order valence-electron chi connectivity index (χ1n) is 7.76. The number of amides is 1. The number of nitrogens with zero attached hydrogens (tertiary/aromatic N) is 5. The standard InChI is InChI=1S/C15H19N7O2/c23-15(12-10-16-1-2-17-12)19-4-3-18-13-9-14(21-11-20-13)22-5-7-24-8-6-22/h1-2,9-11H,3-8H2,(H,19,23)(H,18,20,21). The Labute approximate surface area is 139 Å². The van der Waals surface area contributed by atoms with Crippen LogP contribution in [0.1, 0.15) is 10.5 Å². The van der Waals surface area contributed by atoms with E-state index in [0.717, 1.165) is 24.7 Å². The fourth-order valence-corrected chi connectivity index (χ4v) is 2.28. The quantitative estimate of drug-likeness (QED) is 0.711. The third-order valence-corrected chi connectivity index (χ3v) is 3.50. The second-order valence-electron chi connectivity index (χ2n) is 5.13. The molecule has 0 atom stereocenters. The summed E-state index contributed by atoms with van der Waals surface area (Å²) in [7, 11) is 0. The Kier molecular flexibility index (Phi) is 5.46. The lowest BCUT2D eigenvalue weighted by atomic mass is 10.4. The molecule has 1 aliphatic heterocycles. The molecule has 0 saturated carbocycles. The fourth-order valence-electron chi connectivity index (χ4n) is 2.28. The minimum Gasteiger partial charge on any atom is -0.378 e. The minimum absolute atomic E-state index is 0.249. The van der Waals surface area contributed by atoms with Gasteiger partial charge in [0.15, 0.2) is 0 Å². The maximum Gasteiger partial charge on any atom is 0.271 e. The van der Waals surface area contributed by atoms with Gasteiger partial charge in [-0.2, -0.15) is 0 Å². The van der Waals surface area contributed by atoms with Crippen molar-refractivity contribution in [2.45, 2.75) is 0 Å². The number of carbonyl (C=O) groups excluding carboxylic acids is 1. The molecule has 1 aliphatic rings. The molecule has 0 unspecified atom stereocenters. The summed E-state index contributed by atoms with van der Waals surface area (Å²) >= 11 is 0. The van der Waals surface area contributed by atoms with Gasteiger partial charge in [-0.1, -0.05) is 0 Å². The summed E-state index contributed by atoms with van der Waals surface area (Å²) in [6, 6.07) is 1.90. The van der Waals surface area contributed by atoms with Gasteiger partial charge in [-0.25, -0.2) is 15.0 Å². The average Bonchev–Trinajstić information content (AvgIpc) is 2.67. The Morgan fingerprint density at radius 3 is 2.83 bits per heavy atom. The Morgan fingerprint density at radius 2 is 2.04 bits per heavy atom. The first kappa shape index (κ1) is 16.1. The summed E-state index contributed by atoms with van der Waals surface area (Å²) < 4.78 is 5.34. The zero-order valence-corrected chi connectivity index (χ0v) is 13.2. The number of morpholine rings is 1.